The molecule has 5 heteroatoms. The quantitative estimate of drug-likeness (QED) is 0.670. The molecule has 0 aliphatic heterocycles. The first-order valence-electron chi connectivity index (χ1n) is 6.84. The number of halogens is 1. The maximum Gasteiger partial charge on any atom is 0.123 e. The van der Waals surface area contributed by atoms with Crippen molar-refractivity contribution in [3.05, 3.63) is 35.6 Å². The Morgan fingerprint density at radius 1 is 1.20 bits per heavy atom. The lowest BCUT2D eigenvalue weighted by molar-refractivity contribution is 0.0142. The second kappa shape index (κ2) is 9.83. The third-order valence-electron chi connectivity index (χ3n) is 2.82. The van der Waals surface area contributed by atoms with Gasteiger partial charge < -0.3 is 19.9 Å². The molecular weight excluding hydrogens is 261 g/mol. The van der Waals surface area contributed by atoms with Crippen molar-refractivity contribution < 1.29 is 18.6 Å². The van der Waals surface area contributed by atoms with Crippen molar-refractivity contribution in [2.75, 3.05) is 33.5 Å². The summed E-state index contributed by atoms with van der Waals surface area (Å²) < 4.78 is 29.2. The molecule has 0 saturated heterocycles. The highest BCUT2D eigenvalue weighted by Gasteiger charge is 2.17. The maximum absolute atomic E-state index is 13.2. The molecule has 0 aliphatic rings. The minimum atomic E-state index is -0.301. The van der Waals surface area contributed by atoms with E-state index >= 15 is 0 Å². The maximum atomic E-state index is 13.2. The fraction of sp³-hybridized carbons (Fsp3) is 0.600. The van der Waals surface area contributed by atoms with E-state index in [1.54, 1.807) is 13.2 Å². The molecule has 0 aromatic heterocycles. The highest BCUT2D eigenvalue weighted by Crippen LogP contribution is 2.21. The zero-order valence-electron chi connectivity index (χ0n) is 12.2. The minimum absolute atomic E-state index is 0.203. The van der Waals surface area contributed by atoms with Crippen LogP contribution in [0.2, 0.25) is 0 Å². The molecule has 0 bridgehead atoms. The molecule has 2 atom stereocenters. The van der Waals surface area contributed by atoms with Crippen LogP contribution >= 0.6 is 0 Å². The Morgan fingerprint density at radius 2 is 2.00 bits per heavy atom. The van der Waals surface area contributed by atoms with Crippen LogP contribution in [0.25, 0.3) is 0 Å². The zero-order valence-corrected chi connectivity index (χ0v) is 12.2. The SMILES string of the molecule is COCCOCCCOC(c1cccc(F)c1)C(C)N. The minimum Gasteiger partial charge on any atom is -0.382 e. The Bertz CT molecular complexity index is 374. The summed E-state index contributed by atoms with van der Waals surface area (Å²) >= 11 is 0. The van der Waals surface area contributed by atoms with Crippen molar-refractivity contribution in [1.82, 2.24) is 0 Å². The monoisotopic (exact) mass is 285 g/mol. The Kier molecular flexibility index (Phi) is 8.37. The van der Waals surface area contributed by atoms with Gasteiger partial charge in [0.2, 0.25) is 0 Å². The highest BCUT2D eigenvalue weighted by molar-refractivity contribution is 5.20. The zero-order chi connectivity index (χ0) is 14.8. The van der Waals surface area contributed by atoms with Crippen molar-refractivity contribution in [3.8, 4) is 0 Å². The van der Waals surface area contributed by atoms with Crippen molar-refractivity contribution in [2.24, 2.45) is 5.73 Å². The number of hydrogen-bond acceptors (Lipinski definition) is 4. The van der Waals surface area contributed by atoms with E-state index in [2.05, 4.69) is 0 Å². The number of rotatable bonds is 10. The largest absolute Gasteiger partial charge is 0.382 e. The van der Waals surface area contributed by atoms with Gasteiger partial charge in [0.25, 0.3) is 0 Å². The molecular formula is C15H24FNO3. The van der Waals surface area contributed by atoms with Crippen molar-refractivity contribution in [3.63, 3.8) is 0 Å². The molecule has 0 amide bonds. The molecule has 4 nitrogen and oxygen atoms in total. The first kappa shape index (κ1) is 17.0. The smallest absolute Gasteiger partial charge is 0.123 e. The average molecular weight is 285 g/mol. The average Bonchev–Trinajstić information content (AvgIpc) is 2.41. The number of benzene rings is 1. The number of hydrogen-bond donors (Lipinski definition) is 1. The van der Waals surface area contributed by atoms with E-state index in [1.807, 2.05) is 13.0 Å². The van der Waals surface area contributed by atoms with Crippen LogP contribution in [0.15, 0.2) is 24.3 Å². The third kappa shape index (κ3) is 6.43. The van der Waals surface area contributed by atoms with E-state index in [4.69, 9.17) is 19.9 Å². The summed E-state index contributed by atoms with van der Waals surface area (Å²) in [7, 11) is 1.64. The summed E-state index contributed by atoms with van der Waals surface area (Å²) in [4.78, 5) is 0. The van der Waals surface area contributed by atoms with Crippen LogP contribution in [-0.4, -0.2) is 39.6 Å². The lowest BCUT2D eigenvalue weighted by Gasteiger charge is -2.22. The second-order valence-corrected chi connectivity index (χ2v) is 4.66. The first-order chi connectivity index (χ1) is 9.65. The molecule has 0 spiro atoms. The van der Waals surface area contributed by atoms with Gasteiger partial charge in [-0.1, -0.05) is 12.1 Å². The van der Waals surface area contributed by atoms with Crippen LogP contribution in [0, 0.1) is 5.82 Å². The molecule has 2 N–H and O–H groups in total. The van der Waals surface area contributed by atoms with E-state index in [-0.39, 0.29) is 18.0 Å². The molecule has 0 fully saturated rings. The summed E-state index contributed by atoms with van der Waals surface area (Å²) in [5, 5.41) is 0. The number of nitrogens with two attached hydrogens (primary N) is 1. The molecule has 1 aromatic carbocycles. The van der Waals surface area contributed by atoms with Gasteiger partial charge in [-0.25, -0.2) is 4.39 Å². The Labute approximate surface area is 120 Å². The van der Waals surface area contributed by atoms with Gasteiger partial charge in [-0.3, -0.25) is 0 Å². The molecule has 2 unspecified atom stereocenters. The van der Waals surface area contributed by atoms with E-state index < -0.39 is 0 Å². The van der Waals surface area contributed by atoms with Gasteiger partial charge >= 0.3 is 0 Å². The van der Waals surface area contributed by atoms with Gasteiger partial charge in [-0.15, -0.1) is 0 Å². The van der Waals surface area contributed by atoms with Gasteiger partial charge in [0.05, 0.1) is 19.3 Å². The van der Waals surface area contributed by atoms with Crippen LogP contribution < -0.4 is 5.73 Å². The summed E-state index contributed by atoms with van der Waals surface area (Å²) in [6, 6.07) is 6.16. The van der Waals surface area contributed by atoms with Gasteiger partial charge in [-0.2, -0.15) is 0 Å². The molecule has 114 valence electrons. The predicted molar refractivity (Wildman–Crippen MR) is 76.1 cm³/mol. The van der Waals surface area contributed by atoms with Crippen LogP contribution in [0.4, 0.5) is 4.39 Å². The summed E-state index contributed by atoms with van der Waals surface area (Å²) in [6.07, 6.45) is 0.465. The summed E-state index contributed by atoms with van der Waals surface area (Å²) in [6.45, 7) is 4.16. The van der Waals surface area contributed by atoms with Gasteiger partial charge in [0.1, 0.15) is 5.82 Å². The molecule has 20 heavy (non-hydrogen) atoms. The molecule has 0 saturated carbocycles. The van der Waals surface area contributed by atoms with E-state index in [0.29, 0.717) is 26.4 Å². The number of methoxy groups -OCH3 is 1. The molecule has 0 aliphatic carbocycles. The van der Waals surface area contributed by atoms with Crippen LogP contribution in [-0.2, 0) is 14.2 Å². The van der Waals surface area contributed by atoms with Crippen molar-refractivity contribution in [2.45, 2.75) is 25.5 Å². The lowest BCUT2D eigenvalue weighted by Crippen LogP contribution is -2.27. The lowest BCUT2D eigenvalue weighted by atomic mass is 10.0. The Hall–Kier alpha value is -1.01. The Morgan fingerprint density at radius 3 is 2.65 bits per heavy atom. The second-order valence-electron chi connectivity index (χ2n) is 4.66. The van der Waals surface area contributed by atoms with Crippen molar-refractivity contribution >= 4 is 0 Å². The van der Waals surface area contributed by atoms with Crippen molar-refractivity contribution in [1.29, 1.82) is 0 Å². The number of ether oxygens (including phenoxy) is 3. The predicted octanol–water partition coefficient (Wildman–Crippen LogP) is 2.28. The fourth-order valence-electron chi connectivity index (χ4n) is 1.85. The van der Waals surface area contributed by atoms with Crippen LogP contribution in [0.1, 0.15) is 25.0 Å². The third-order valence-corrected chi connectivity index (χ3v) is 2.82. The molecule has 0 heterocycles. The van der Waals surface area contributed by atoms with Gasteiger partial charge in [0.15, 0.2) is 0 Å². The van der Waals surface area contributed by atoms with Gasteiger partial charge in [0, 0.05) is 26.4 Å². The normalized spacial score (nSPS) is 14.2. The topological polar surface area (TPSA) is 53.7 Å². The van der Waals surface area contributed by atoms with Crippen LogP contribution in [0.5, 0.6) is 0 Å². The standard InChI is InChI=1S/C15H24FNO3/c1-12(17)15(13-5-3-6-14(16)11-13)20-8-4-7-19-10-9-18-2/h3,5-6,11-12,15H,4,7-10,17H2,1-2H3. The van der Waals surface area contributed by atoms with E-state index in [1.165, 1.54) is 12.1 Å². The van der Waals surface area contributed by atoms with Gasteiger partial charge in [-0.05, 0) is 31.0 Å². The summed E-state index contributed by atoms with van der Waals surface area (Å²) in [5.41, 5.74) is 6.67. The molecule has 1 aromatic rings. The summed E-state index contributed by atoms with van der Waals surface area (Å²) in [5.74, 6) is -0.278. The molecule has 1 rings (SSSR count). The van der Waals surface area contributed by atoms with Crippen LogP contribution in [0.3, 0.4) is 0 Å². The van der Waals surface area contributed by atoms with E-state index in [9.17, 15) is 4.39 Å². The highest BCUT2D eigenvalue weighted by atomic mass is 19.1. The first-order valence-corrected chi connectivity index (χ1v) is 6.84. The Balaban J connectivity index is 2.33. The molecule has 0 radical (unpaired) electrons. The van der Waals surface area contributed by atoms with E-state index in [0.717, 1.165) is 12.0 Å². The fourth-order valence-corrected chi connectivity index (χ4v) is 1.85.